The van der Waals surface area contributed by atoms with Crippen molar-refractivity contribution in [2.45, 2.75) is 12.1 Å². The Labute approximate surface area is 119 Å². The second-order valence-corrected chi connectivity index (χ2v) is 6.49. The first-order valence-electron chi connectivity index (χ1n) is 6.09. The Morgan fingerprint density at radius 2 is 1.48 bits per heavy atom. The lowest BCUT2D eigenvalue weighted by molar-refractivity contribution is -0.0438. The summed E-state index contributed by atoms with van der Waals surface area (Å²) in [7, 11) is -5.42. The molecule has 0 saturated heterocycles. The fourth-order valence-electron chi connectivity index (χ4n) is 2.42. The van der Waals surface area contributed by atoms with E-state index in [9.17, 15) is 21.6 Å². The molecule has 1 heterocycles. The summed E-state index contributed by atoms with van der Waals surface area (Å²) in [4.78, 5) is 0. The van der Waals surface area contributed by atoms with Crippen LogP contribution >= 0.6 is 0 Å². The molecule has 0 aromatic heterocycles. The Morgan fingerprint density at radius 3 is 2.14 bits per heavy atom. The van der Waals surface area contributed by atoms with E-state index in [2.05, 4.69) is 0 Å². The minimum atomic E-state index is -5.42. The molecule has 0 saturated carbocycles. The molecule has 0 spiro atoms. The Morgan fingerprint density at radius 1 is 0.905 bits per heavy atom. The van der Waals surface area contributed by atoms with Crippen LogP contribution in [0.5, 0.6) is 0 Å². The Bertz CT molecular complexity index is 800. The van der Waals surface area contributed by atoms with Crippen molar-refractivity contribution in [2.24, 2.45) is 0 Å². The third-order valence-electron chi connectivity index (χ3n) is 3.38. The van der Waals surface area contributed by atoms with E-state index in [0.717, 1.165) is 5.56 Å². The van der Waals surface area contributed by atoms with Crippen LogP contribution in [-0.2, 0) is 16.6 Å². The summed E-state index contributed by atoms with van der Waals surface area (Å²) in [6.45, 7) is -0.324. The molecule has 0 atom stereocenters. The number of nitrogens with zero attached hydrogens (tertiary/aromatic N) is 1. The van der Waals surface area contributed by atoms with Gasteiger partial charge < -0.3 is 0 Å². The number of sulfonamides is 1. The SMILES string of the molecule is O=S(=O)(N1Cc2ccccc2-c2ccccc21)C(F)(F)F. The Balaban J connectivity index is 2.25. The number of hydrogen-bond acceptors (Lipinski definition) is 2. The number of hydrogen-bond donors (Lipinski definition) is 0. The molecule has 7 heteroatoms. The molecule has 2 aromatic carbocycles. The summed E-state index contributed by atoms with van der Waals surface area (Å²) in [5.41, 5.74) is -3.50. The third-order valence-corrected chi connectivity index (χ3v) is 4.87. The van der Waals surface area contributed by atoms with Crippen LogP contribution in [0, 0.1) is 0 Å². The van der Waals surface area contributed by atoms with Crippen molar-refractivity contribution in [1.29, 1.82) is 0 Å². The summed E-state index contributed by atoms with van der Waals surface area (Å²) in [6.07, 6.45) is 0. The van der Waals surface area contributed by atoms with E-state index in [1.165, 1.54) is 12.1 Å². The second-order valence-electron chi connectivity index (χ2n) is 4.63. The predicted molar refractivity (Wildman–Crippen MR) is 73.0 cm³/mol. The van der Waals surface area contributed by atoms with Gasteiger partial charge in [0.05, 0.1) is 12.2 Å². The number of benzene rings is 2. The minimum Gasteiger partial charge on any atom is -0.258 e. The highest BCUT2D eigenvalue weighted by Gasteiger charge is 2.51. The predicted octanol–water partition coefficient (Wildman–Crippen LogP) is 3.52. The van der Waals surface area contributed by atoms with Crippen molar-refractivity contribution < 1.29 is 21.6 Å². The first-order chi connectivity index (χ1) is 9.82. The fourth-order valence-corrected chi connectivity index (χ4v) is 3.40. The smallest absolute Gasteiger partial charge is 0.258 e. The standard InChI is InChI=1S/C14H10F3NO2S/c15-14(16,17)21(19,20)18-9-10-5-1-2-6-11(10)12-7-3-4-8-13(12)18/h1-8H,9H2. The minimum absolute atomic E-state index is 0.0496. The van der Waals surface area contributed by atoms with E-state index in [4.69, 9.17) is 0 Å². The normalized spacial score (nSPS) is 14.5. The molecule has 110 valence electrons. The van der Waals surface area contributed by atoms with Crippen molar-refractivity contribution in [3.05, 3.63) is 54.1 Å². The first-order valence-corrected chi connectivity index (χ1v) is 7.53. The van der Waals surface area contributed by atoms with E-state index in [1.807, 2.05) is 0 Å². The van der Waals surface area contributed by atoms with Gasteiger partial charge in [-0.2, -0.15) is 21.6 Å². The lowest BCUT2D eigenvalue weighted by Gasteiger charge is -2.32. The van der Waals surface area contributed by atoms with Crippen molar-refractivity contribution >= 4 is 15.7 Å². The van der Waals surface area contributed by atoms with E-state index in [-0.39, 0.29) is 12.2 Å². The number of rotatable bonds is 1. The van der Waals surface area contributed by atoms with Crippen LogP contribution in [-0.4, -0.2) is 13.9 Å². The molecule has 0 amide bonds. The van der Waals surface area contributed by atoms with Gasteiger partial charge in [0, 0.05) is 5.56 Å². The number of alkyl halides is 3. The third kappa shape index (κ3) is 2.08. The van der Waals surface area contributed by atoms with Gasteiger partial charge in [-0.15, -0.1) is 0 Å². The molecule has 3 nitrogen and oxygen atoms in total. The molecule has 0 fully saturated rings. The van der Waals surface area contributed by atoms with Gasteiger partial charge in [0.25, 0.3) is 0 Å². The summed E-state index contributed by atoms with van der Waals surface area (Å²) >= 11 is 0. The summed E-state index contributed by atoms with van der Waals surface area (Å²) in [5, 5.41) is 0. The number of para-hydroxylation sites is 1. The number of fused-ring (bicyclic) bond motifs is 3. The van der Waals surface area contributed by atoms with E-state index in [0.29, 0.717) is 15.4 Å². The maximum Gasteiger partial charge on any atom is 0.516 e. The maximum atomic E-state index is 12.9. The second kappa shape index (κ2) is 4.49. The highest BCUT2D eigenvalue weighted by Crippen LogP contribution is 2.42. The fraction of sp³-hybridized carbons (Fsp3) is 0.143. The zero-order valence-corrected chi connectivity index (χ0v) is 11.4. The zero-order valence-electron chi connectivity index (χ0n) is 10.6. The van der Waals surface area contributed by atoms with E-state index >= 15 is 0 Å². The molecule has 3 rings (SSSR count). The van der Waals surface area contributed by atoms with Crippen LogP contribution in [0.2, 0.25) is 0 Å². The summed E-state index contributed by atoms with van der Waals surface area (Å²) < 4.78 is 62.6. The van der Waals surface area contributed by atoms with Gasteiger partial charge >= 0.3 is 15.5 Å². The van der Waals surface area contributed by atoms with Crippen LogP contribution < -0.4 is 4.31 Å². The lowest BCUT2D eigenvalue weighted by Crippen LogP contribution is -2.41. The molecule has 0 radical (unpaired) electrons. The van der Waals surface area contributed by atoms with Gasteiger partial charge in [0.15, 0.2) is 0 Å². The molecule has 0 aliphatic carbocycles. The molecule has 1 aliphatic heterocycles. The van der Waals surface area contributed by atoms with Gasteiger partial charge in [0.1, 0.15) is 0 Å². The van der Waals surface area contributed by atoms with Gasteiger partial charge in [-0.05, 0) is 17.2 Å². The molecule has 0 bridgehead atoms. The molecular weight excluding hydrogens is 303 g/mol. The van der Waals surface area contributed by atoms with Crippen molar-refractivity contribution in [1.82, 2.24) is 0 Å². The van der Waals surface area contributed by atoms with Gasteiger partial charge in [-0.25, -0.2) is 0 Å². The van der Waals surface area contributed by atoms with E-state index < -0.39 is 15.5 Å². The lowest BCUT2D eigenvalue weighted by atomic mass is 9.95. The van der Waals surface area contributed by atoms with Crippen LogP contribution in [0.25, 0.3) is 11.1 Å². The average molecular weight is 313 g/mol. The molecular formula is C14H10F3NO2S. The number of halogens is 3. The van der Waals surface area contributed by atoms with Crippen LogP contribution in [0.3, 0.4) is 0 Å². The molecule has 21 heavy (non-hydrogen) atoms. The molecule has 0 N–H and O–H groups in total. The van der Waals surface area contributed by atoms with E-state index in [1.54, 1.807) is 36.4 Å². The van der Waals surface area contributed by atoms with Crippen LogP contribution in [0.1, 0.15) is 5.56 Å². The zero-order chi connectivity index (χ0) is 15.3. The average Bonchev–Trinajstić information content (AvgIpc) is 2.45. The summed E-state index contributed by atoms with van der Waals surface area (Å²) in [5.74, 6) is 0. The molecule has 0 unspecified atom stereocenters. The Kier molecular flexibility index (Phi) is 2.98. The van der Waals surface area contributed by atoms with Crippen molar-refractivity contribution in [3.63, 3.8) is 0 Å². The van der Waals surface area contributed by atoms with Crippen LogP contribution in [0.15, 0.2) is 48.5 Å². The highest BCUT2D eigenvalue weighted by atomic mass is 32.2. The largest absolute Gasteiger partial charge is 0.516 e. The van der Waals surface area contributed by atoms with Gasteiger partial charge in [0.2, 0.25) is 0 Å². The van der Waals surface area contributed by atoms with Gasteiger partial charge in [-0.3, -0.25) is 4.31 Å². The molecule has 2 aromatic rings. The van der Waals surface area contributed by atoms with Crippen LogP contribution in [0.4, 0.5) is 18.9 Å². The topological polar surface area (TPSA) is 37.4 Å². The van der Waals surface area contributed by atoms with Crippen molar-refractivity contribution in [2.75, 3.05) is 4.31 Å². The monoisotopic (exact) mass is 313 g/mol. The number of anilines is 1. The molecule has 1 aliphatic rings. The van der Waals surface area contributed by atoms with Gasteiger partial charge in [-0.1, -0.05) is 42.5 Å². The Hall–Kier alpha value is -2.02. The quantitative estimate of drug-likeness (QED) is 0.808. The maximum absolute atomic E-state index is 12.9. The highest BCUT2D eigenvalue weighted by molar-refractivity contribution is 7.93. The summed E-state index contributed by atoms with van der Waals surface area (Å²) in [6, 6.07) is 13.0. The van der Waals surface area contributed by atoms with Crippen molar-refractivity contribution in [3.8, 4) is 11.1 Å². The first kappa shape index (κ1) is 13.9.